The zero-order chi connectivity index (χ0) is 8.97. The number of nitrogens with one attached hydrogen (secondary N) is 1. The molecule has 0 spiro atoms. The fourth-order valence-corrected chi connectivity index (χ4v) is 1.72. The molecule has 0 bridgehead atoms. The van der Waals surface area contributed by atoms with Crippen LogP contribution in [0.4, 0.5) is 0 Å². The van der Waals surface area contributed by atoms with Gasteiger partial charge in [0.1, 0.15) is 0 Å². The van der Waals surface area contributed by atoms with Gasteiger partial charge in [0.25, 0.3) is 0 Å². The normalized spacial score (nSPS) is 29.8. The van der Waals surface area contributed by atoms with Crippen LogP contribution in [-0.4, -0.2) is 12.1 Å². The molecule has 3 unspecified atom stereocenters. The van der Waals surface area contributed by atoms with Crippen molar-refractivity contribution in [2.45, 2.75) is 51.6 Å². The molecule has 0 aromatic heterocycles. The molecule has 1 nitrogen and oxygen atoms in total. The molecule has 1 aliphatic carbocycles. The third-order valence-electron chi connectivity index (χ3n) is 2.75. The van der Waals surface area contributed by atoms with Gasteiger partial charge in [0.2, 0.25) is 0 Å². The molecule has 1 heteroatoms. The molecule has 1 saturated carbocycles. The summed E-state index contributed by atoms with van der Waals surface area (Å²) < 4.78 is 0. The molecule has 0 radical (unpaired) electrons. The molecule has 70 valence electrons. The molecule has 3 atom stereocenters. The first-order valence-corrected chi connectivity index (χ1v) is 5.14. The molecule has 0 aliphatic heterocycles. The summed E-state index contributed by atoms with van der Waals surface area (Å²) in [6.45, 7) is 8.28. The second kappa shape index (κ2) is 4.66. The Morgan fingerprint density at radius 2 is 2.42 bits per heavy atom. The molecule has 1 N–H and O–H groups in total. The minimum atomic E-state index is 0.671. The predicted molar refractivity (Wildman–Crippen MR) is 54.2 cm³/mol. The highest BCUT2D eigenvalue weighted by molar-refractivity contribution is 4.93. The minimum absolute atomic E-state index is 0.671. The molecule has 0 saturated heterocycles. The molecule has 1 aliphatic rings. The SMILES string of the molecule is C=CCCC(C)NC1CC1CC. The monoisotopic (exact) mass is 167 g/mol. The predicted octanol–water partition coefficient (Wildman–Crippen LogP) is 2.73. The van der Waals surface area contributed by atoms with E-state index < -0.39 is 0 Å². The largest absolute Gasteiger partial charge is 0.311 e. The number of rotatable bonds is 6. The molecular formula is C11H21N. The van der Waals surface area contributed by atoms with E-state index in [1.165, 1.54) is 19.3 Å². The number of allylic oxidation sites excluding steroid dienone is 1. The summed E-state index contributed by atoms with van der Waals surface area (Å²) in [6, 6.07) is 1.50. The number of hydrogen-bond donors (Lipinski definition) is 1. The van der Waals surface area contributed by atoms with Crippen LogP contribution >= 0.6 is 0 Å². The third kappa shape index (κ3) is 2.98. The molecule has 1 rings (SSSR count). The van der Waals surface area contributed by atoms with Crippen molar-refractivity contribution in [1.82, 2.24) is 5.32 Å². The van der Waals surface area contributed by atoms with Gasteiger partial charge >= 0.3 is 0 Å². The Hall–Kier alpha value is -0.300. The Morgan fingerprint density at radius 3 is 2.92 bits per heavy atom. The zero-order valence-corrected chi connectivity index (χ0v) is 8.34. The highest BCUT2D eigenvalue weighted by Crippen LogP contribution is 2.33. The molecule has 0 aromatic rings. The van der Waals surface area contributed by atoms with Crippen LogP contribution < -0.4 is 5.32 Å². The van der Waals surface area contributed by atoms with E-state index in [4.69, 9.17) is 0 Å². The van der Waals surface area contributed by atoms with Crippen LogP contribution in [0.1, 0.15) is 39.5 Å². The van der Waals surface area contributed by atoms with Gasteiger partial charge in [0.05, 0.1) is 0 Å². The van der Waals surface area contributed by atoms with Gasteiger partial charge in [-0.15, -0.1) is 6.58 Å². The number of hydrogen-bond acceptors (Lipinski definition) is 1. The second-order valence-electron chi connectivity index (χ2n) is 3.94. The summed E-state index contributed by atoms with van der Waals surface area (Å²) in [5, 5.41) is 3.64. The van der Waals surface area contributed by atoms with Crippen molar-refractivity contribution in [2.75, 3.05) is 0 Å². The first-order valence-electron chi connectivity index (χ1n) is 5.14. The van der Waals surface area contributed by atoms with Gasteiger partial charge in [-0.2, -0.15) is 0 Å². The first kappa shape index (κ1) is 9.79. The summed E-state index contributed by atoms with van der Waals surface area (Å²) >= 11 is 0. The molecular weight excluding hydrogens is 146 g/mol. The van der Waals surface area contributed by atoms with Crippen LogP contribution in [-0.2, 0) is 0 Å². The summed E-state index contributed by atoms with van der Waals surface area (Å²) in [5.41, 5.74) is 0. The Morgan fingerprint density at radius 1 is 1.67 bits per heavy atom. The van der Waals surface area contributed by atoms with Crippen molar-refractivity contribution in [3.8, 4) is 0 Å². The van der Waals surface area contributed by atoms with E-state index in [-0.39, 0.29) is 0 Å². The lowest BCUT2D eigenvalue weighted by molar-refractivity contribution is 0.495. The summed E-state index contributed by atoms with van der Waals surface area (Å²) in [5.74, 6) is 0.969. The lowest BCUT2D eigenvalue weighted by Gasteiger charge is -2.11. The van der Waals surface area contributed by atoms with Crippen LogP contribution in [0.25, 0.3) is 0 Å². The second-order valence-corrected chi connectivity index (χ2v) is 3.94. The van der Waals surface area contributed by atoms with E-state index in [0.29, 0.717) is 6.04 Å². The fraction of sp³-hybridized carbons (Fsp3) is 0.818. The van der Waals surface area contributed by atoms with E-state index in [1.807, 2.05) is 6.08 Å². The molecule has 0 amide bonds. The standard InChI is InChI=1S/C11H21N/c1-4-6-7-9(3)12-11-8-10(11)5-2/h4,9-12H,1,5-8H2,2-3H3. The van der Waals surface area contributed by atoms with E-state index in [0.717, 1.165) is 18.4 Å². The van der Waals surface area contributed by atoms with Crippen molar-refractivity contribution in [1.29, 1.82) is 0 Å². The van der Waals surface area contributed by atoms with Gasteiger partial charge in [0, 0.05) is 12.1 Å². The molecule has 1 fully saturated rings. The van der Waals surface area contributed by atoms with E-state index in [1.54, 1.807) is 0 Å². The molecule has 0 heterocycles. The summed E-state index contributed by atoms with van der Waals surface area (Å²) in [7, 11) is 0. The topological polar surface area (TPSA) is 12.0 Å². The quantitative estimate of drug-likeness (QED) is 0.600. The van der Waals surface area contributed by atoms with Crippen LogP contribution in [0.2, 0.25) is 0 Å². The van der Waals surface area contributed by atoms with Crippen molar-refractivity contribution in [2.24, 2.45) is 5.92 Å². The average Bonchev–Trinajstić information content (AvgIpc) is 2.80. The van der Waals surface area contributed by atoms with Crippen molar-refractivity contribution in [3.63, 3.8) is 0 Å². The smallest absolute Gasteiger partial charge is 0.0101 e. The van der Waals surface area contributed by atoms with Gasteiger partial charge in [-0.1, -0.05) is 19.4 Å². The summed E-state index contributed by atoms with van der Waals surface area (Å²) in [4.78, 5) is 0. The Labute approximate surface area is 76.2 Å². The maximum atomic E-state index is 3.73. The maximum absolute atomic E-state index is 3.73. The van der Waals surface area contributed by atoms with E-state index in [9.17, 15) is 0 Å². The molecule has 12 heavy (non-hydrogen) atoms. The highest BCUT2D eigenvalue weighted by Gasteiger charge is 2.35. The lowest BCUT2D eigenvalue weighted by atomic mass is 10.2. The highest BCUT2D eigenvalue weighted by atomic mass is 15.0. The van der Waals surface area contributed by atoms with Gasteiger partial charge in [-0.3, -0.25) is 0 Å². The van der Waals surface area contributed by atoms with Gasteiger partial charge in [-0.25, -0.2) is 0 Å². The van der Waals surface area contributed by atoms with Crippen LogP contribution in [0.15, 0.2) is 12.7 Å². The fourth-order valence-electron chi connectivity index (χ4n) is 1.72. The van der Waals surface area contributed by atoms with Crippen LogP contribution in [0.5, 0.6) is 0 Å². The zero-order valence-electron chi connectivity index (χ0n) is 8.34. The maximum Gasteiger partial charge on any atom is 0.0101 e. The Balaban J connectivity index is 2.03. The average molecular weight is 167 g/mol. The Bertz CT molecular complexity index is 142. The lowest BCUT2D eigenvalue weighted by Crippen LogP contribution is -2.28. The third-order valence-corrected chi connectivity index (χ3v) is 2.75. The van der Waals surface area contributed by atoms with Crippen LogP contribution in [0.3, 0.4) is 0 Å². The minimum Gasteiger partial charge on any atom is -0.311 e. The first-order chi connectivity index (χ1) is 5.77. The van der Waals surface area contributed by atoms with E-state index >= 15 is 0 Å². The van der Waals surface area contributed by atoms with Gasteiger partial charge < -0.3 is 5.32 Å². The Kier molecular flexibility index (Phi) is 3.80. The molecule has 0 aromatic carbocycles. The van der Waals surface area contributed by atoms with Crippen molar-refractivity contribution >= 4 is 0 Å². The van der Waals surface area contributed by atoms with Crippen LogP contribution in [0, 0.1) is 5.92 Å². The van der Waals surface area contributed by atoms with Gasteiger partial charge in [-0.05, 0) is 32.1 Å². The van der Waals surface area contributed by atoms with Crippen molar-refractivity contribution in [3.05, 3.63) is 12.7 Å². The van der Waals surface area contributed by atoms with Gasteiger partial charge in [0.15, 0.2) is 0 Å². The van der Waals surface area contributed by atoms with E-state index in [2.05, 4.69) is 25.7 Å². The summed E-state index contributed by atoms with van der Waals surface area (Å²) in [6.07, 6.45) is 7.11. The van der Waals surface area contributed by atoms with Crippen molar-refractivity contribution < 1.29 is 0 Å².